The summed E-state index contributed by atoms with van der Waals surface area (Å²) in [4.78, 5) is 0. The molecule has 0 aliphatic carbocycles. The lowest BCUT2D eigenvalue weighted by molar-refractivity contribution is 0.238. The van der Waals surface area contributed by atoms with Crippen LogP contribution in [0.3, 0.4) is 0 Å². The lowest BCUT2D eigenvalue weighted by Crippen LogP contribution is -2.20. The minimum Gasteiger partial charge on any atom is -0.486 e. The minimum atomic E-state index is 0.341. The van der Waals surface area contributed by atoms with Crippen molar-refractivity contribution >= 4 is 0 Å². The summed E-state index contributed by atoms with van der Waals surface area (Å²) in [6.45, 7) is 4.68. The third-order valence-corrected chi connectivity index (χ3v) is 2.44. The maximum Gasteiger partial charge on any atom is 0.254 e. The predicted molar refractivity (Wildman–Crippen MR) is 71.3 cm³/mol. The van der Waals surface area contributed by atoms with Crippen molar-refractivity contribution in [3.8, 4) is 11.6 Å². The third-order valence-electron chi connectivity index (χ3n) is 2.44. The molecule has 1 aromatic heterocycles. The lowest BCUT2D eigenvalue weighted by atomic mass is 10.3. The number of hydrogen-bond donors (Lipinski definition) is 1. The molecule has 0 amide bonds. The van der Waals surface area contributed by atoms with E-state index in [-0.39, 0.29) is 0 Å². The molecule has 2 aromatic rings. The number of aromatic nitrogens is 1. The molecule has 0 fully saturated rings. The van der Waals surface area contributed by atoms with Gasteiger partial charge < -0.3 is 19.3 Å². The fourth-order valence-corrected chi connectivity index (χ4v) is 1.51. The Labute approximate surface area is 112 Å². The number of ether oxygens (including phenoxy) is 2. The zero-order chi connectivity index (χ0) is 13.3. The highest BCUT2D eigenvalue weighted by Crippen LogP contribution is 2.15. The van der Waals surface area contributed by atoms with Gasteiger partial charge in [0.1, 0.15) is 19.0 Å². The summed E-state index contributed by atoms with van der Waals surface area (Å²) in [5, 5.41) is 6.98. The summed E-state index contributed by atoms with van der Waals surface area (Å²) in [5.74, 6) is 1.93. The standard InChI is InChI=1S/C14H18N2O3/c1-2-15-8-9-17-14-10-13(19-16-14)11-18-12-6-4-3-5-7-12/h3-7,10,15H,2,8-9,11H2,1H3. The van der Waals surface area contributed by atoms with Crippen molar-refractivity contribution < 1.29 is 14.0 Å². The number of hydrogen-bond acceptors (Lipinski definition) is 5. The molecule has 0 atom stereocenters. The quantitative estimate of drug-likeness (QED) is 0.739. The normalized spacial score (nSPS) is 10.4. The van der Waals surface area contributed by atoms with Crippen molar-refractivity contribution in [3.63, 3.8) is 0 Å². The minimum absolute atomic E-state index is 0.341. The van der Waals surface area contributed by atoms with E-state index >= 15 is 0 Å². The van der Waals surface area contributed by atoms with Gasteiger partial charge in [-0.05, 0) is 23.8 Å². The van der Waals surface area contributed by atoms with Crippen LogP contribution in [-0.2, 0) is 6.61 Å². The van der Waals surface area contributed by atoms with E-state index in [0.717, 1.165) is 18.8 Å². The van der Waals surface area contributed by atoms with Crippen molar-refractivity contribution in [2.75, 3.05) is 19.7 Å². The van der Waals surface area contributed by atoms with E-state index in [1.165, 1.54) is 0 Å². The van der Waals surface area contributed by atoms with E-state index in [1.54, 1.807) is 6.07 Å². The molecule has 5 heteroatoms. The van der Waals surface area contributed by atoms with Crippen LogP contribution in [0.2, 0.25) is 0 Å². The van der Waals surface area contributed by atoms with Crippen LogP contribution in [0.5, 0.6) is 11.6 Å². The van der Waals surface area contributed by atoms with Crippen LogP contribution in [0.15, 0.2) is 40.9 Å². The van der Waals surface area contributed by atoms with Gasteiger partial charge in [-0.2, -0.15) is 0 Å². The van der Waals surface area contributed by atoms with Crippen LogP contribution >= 0.6 is 0 Å². The number of benzene rings is 1. The molecule has 102 valence electrons. The van der Waals surface area contributed by atoms with Crippen LogP contribution in [-0.4, -0.2) is 24.9 Å². The van der Waals surface area contributed by atoms with Gasteiger partial charge >= 0.3 is 0 Å². The highest BCUT2D eigenvalue weighted by atomic mass is 16.5. The Morgan fingerprint density at radius 1 is 1.21 bits per heavy atom. The smallest absolute Gasteiger partial charge is 0.254 e. The largest absolute Gasteiger partial charge is 0.486 e. The van der Waals surface area contributed by atoms with Crippen molar-refractivity contribution in [2.45, 2.75) is 13.5 Å². The second kappa shape index (κ2) is 7.43. The number of nitrogens with zero attached hydrogens (tertiary/aromatic N) is 1. The fraction of sp³-hybridized carbons (Fsp3) is 0.357. The van der Waals surface area contributed by atoms with Crippen LogP contribution in [0.25, 0.3) is 0 Å². The third kappa shape index (κ3) is 4.63. The van der Waals surface area contributed by atoms with Gasteiger partial charge in [0, 0.05) is 12.6 Å². The summed E-state index contributed by atoms with van der Waals surface area (Å²) in [7, 11) is 0. The van der Waals surface area contributed by atoms with Gasteiger partial charge in [-0.1, -0.05) is 25.1 Å². The number of nitrogens with one attached hydrogen (secondary N) is 1. The van der Waals surface area contributed by atoms with Crippen molar-refractivity contribution in [1.82, 2.24) is 10.5 Å². The fourth-order valence-electron chi connectivity index (χ4n) is 1.51. The number of likely N-dealkylation sites (N-methyl/N-ethyl adjacent to an activating group) is 1. The molecule has 0 saturated heterocycles. The average Bonchev–Trinajstić information content (AvgIpc) is 2.91. The second-order valence-electron chi connectivity index (χ2n) is 3.94. The molecular weight excluding hydrogens is 244 g/mol. The zero-order valence-corrected chi connectivity index (χ0v) is 11.0. The first-order valence-electron chi connectivity index (χ1n) is 6.35. The Balaban J connectivity index is 1.74. The first-order chi connectivity index (χ1) is 9.38. The Morgan fingerprint density at radius 3 is 2.84 bits per heavy atom. The maximum absolute atomic E-state index is 5.55. The van der Waals surface area contributed by atoms with Crippen LogP contribution < -0.4 is 14.8 Å². The van der Waals surface area contributed by atoms with Crippen LogP contribution in [0.1, 0.15) is 12.7 Å². The number of rotatable bonds is 8. The molecule has 0 aliphatic rings. The molecular formula is C14H18N2O3. The highest BCUT2D eigenvalue weighted by Gasteiger charge is 2.05. The summed E-state index contributed by atoms with van der Waals surface area (Å²) in [6, 6.07) is 11.3. The van der Waals surface area contributed by atoms with Crippen LogP contribution in [0, 0.1) is 0 Å². The van der Waals surface area contributed by atoms with E-state index < -0.39 is 0 Å². The lowest BCUT2D eigenvalue weighted by Gasteiger charge is -2.02. The van der Waals surface area contributed by atoms with Gasteiger partial charge in [0.25, 0.3) is 5.88 Å². The van der Waals surface area contributed by atoms with Gasteiger partial charge in [0.15, 0.2) is 5.76 Å². The Bertz CT molecular complexity index is 471. The average molecular weight is 262 g/mol. The van der Waals surface area contributed by atoms with Crippen molar-refractivity contribution in [3.05, 3.63) is 42.2 Å². The second-order valence-corrected chi connectivity index (χ2v) is 3.94. The highest BCUT2D eigenvalue weighted by molar-refractivity contribution is 5.21. The molecule has 1 aromatic carbocycles. The summed E-state index contributed by atoms with van der Waals surface area (Å²) in [5.41, 5.74) is 0. The Kier molecular flexibility index (Phi) is 5.25. The summed E-state index contributed by atoms with van der Waals surface area (Å²) in [6.07, 6.45) is 0. The molecule has 19 heavy (non-hydrogen) atoms. The molecule has 0 saturated carbocycles. The first-order valence-corrected chi connectivity index (χ1v) is 6.35. The summed E-state index contributed by atoms with van der Waals surface area (Å²) >= 11 is 0. The van der Waals surface area contributed by atoms with E-state index in [2.05, 4.69) is 17.4 Å². The van der Waals surface area contributed by atoms with Gasteiger partial charge in [-0.25, -0.2) is 0 Å². The number of para-hydroxylation sites is 1. The molecule has 5 nitrogen and oxygen atoms in total. The molecule has 1 N–H and O–H groups in total. The SMILES string of the molecule is CCNCCOc1cc(COc2ccccc2)on1. The van der Waals surface area contributed by atoms with Gasteiger partial charge in [-0.3, -0.25) is 0 Å². The van der Waals surface area contributed by atoms with Gasteiger partial charge in [0.05, 0.1) is 0 Å². The van der Waals surface area contributed by atoms with Crippen molar-refractivity contribution in [1.29, 1.82) is 0 Å². The van der Waals surface area contributed by atoms with Crippen LogP contribution in [0.4, 0.5) is 0 Å². The van der Waals surface area contributed by atoms with E-state index in [0.29, 0.717) is 24.9 Å². The van der Waals surface area contributed by atoms with E-state index in [4.69, 9.17) is 14.0 Å². The monoisotopic (exact) mass is 262 g/mol. The molecule has 2 rings (SSSR count). The van der Waals surface area contributed by atoms with Gasteiger partial charge in [-0.15, -0.1) is 0 Å². The Morgan fingerprint density at radius 2 is 2.05 bits per heavy atom. The molecule has 1 heterocycles. The molecule has 0 bridgehead atoms. The molecule has 0 unspecified atom stereocenters. The predicted octanol–water partition coefficient (Wildman–Crippen LogP) is 2.24. The molecule has 0 radical (unpaired) electrons. The molecule has 0 aliphatic heterocycles. The maximum atomic E-state index is 5.55. The van der Waals surface area contributed by atoms with E-state index in [1.807, 2.05) is 30.3 Å². The summed E-state index contributed by atoms with van der Waals surface area (Å²) < 4.78 is 16.1. The zero-order valence-electron chi connectivity index (χ0n) is 11.0. The van der Waals surface area contributed by atoms with E-state index in [9.17, 15) is 0 Å². The topological polar surface area (TPSA) is 56.5 Å². The Hall–Kier alpha value is -2.01. The first kappa shape index (κ1) is 13.4. The molecule has 0 spiro atoms. The van der Waals surface area contributed by atoms with Gasteiger partial charge in [0.2, 0.25) is 0 Å². The van der Waals surface area contributed by atoms with Crippen molar-refractivity contribution in [2.24, 2.45) is 0 Å².